The lowest BCUT2D eigenvalue weighted by Crippen LogP contribution is -2.38. The zero-order valence-corrected chi connectivity index (χ0v) is 22.2. The molecule has 3 aromatic rings. The molecule has 1 aromatic carbocycles. The first-order valence-electron chi connectivity index (χ1n) is 12.7. The second kappa shape index (κ2) is 13.1. The van der Waals surface area contributed by atoms with E-state index in [1.54, 1.807) is 6.20 Å². The van der Waals surface area contributed by atoms with E-state index >= 15 is 0 Å². The molecule has 198 valence electrons. The van der Waals surface area contributed by atoms with Crippen LogP contribution in [0.1, 0.15) is 68.2 Å². The number of carbonyl (C=O) groups is 2. The van der Waals surface area contributed by atoms with Gasteiger partial charge in [-0.3, -0.25) is 9.59 Å². The molecule has 3 heterocycles. The van der Waals surface area contributed by atoms with Crippen molar-refractivity contribution in [1.82, 2.24) is 25.3 Å². The predicted octanol–water partition coefficient (Wildman–Crippen LogP) is 3.96. The van der Waals surface area contributed by atoms with Gasteiger partial charge in [-0.15, -0.1) is 0 Å². The molecule has 4 rings (SSSR count). The van der Waals surface area contributed by atoms with Crippen LogP contribution in [0.4, 0.5) is 0 Å². The summed E-state index contributed by atoms with van der Waals surface area (Å²) in [6, 6.07) is 9.42. The number of nitrogens with one attached hydrogen (secondary N) is 1. The van der Waals surface area contributed by atoms with Gasteiger partial charge in [-0.05, 0) is 50.7 Å². The van der Waals surface area contributed by atoms with E-state index in [2.05, 4.69) is 41.2 Å². The molecule has 0 saturated carbocycles. The molecule has 9 nitrogen and oxygen atoms in total. The van der Waals surface area contributed by atoms with Crippen molar-refractivity contribution < 1.29 is 19.2 Å². The van der Waals surface area contributed by atoms with E-state index in [1.807, 2.05) is 49.1 Å². The van der Waals surface area contributed by atoms with Gasteiger partial charge in [0.25, 0.3) is 0 Å². The largest absolute Gasteiger partial charge is 0.394 e. The molecule has 2 amide bonds. The maximum absolute atomic E-state index is 12.6. The van der Waals surface area contributed by atoms with Crippen molar-refractivity contribution in [3.05, 3.63) is 65.4 Å². The number of aromatic nitrogens is 3. The molecule has 0 spiro atoms. The fraction of sp³-hybridized carbons (Fsp3) is 0.464. The van der Waals surface area contributed by atoms with Gasteiger partial charge in [0.1, 0.15) is 18.0 Å². The predicted molar refractivity (Wildman–Crippen MR) is 140 cm³/mol. The van der Waals surface area contributed by atoms with Gasteiger partial charge in [0, 0.05) is 30.4 Å². The quantitative estimate of drug-likeness (QED) is 0.443. The van der Waals surface area contributed by atoms with Gasteiger partial charge in [0.2, 0.25) is 12.3 Å². The van der Waals surface area contributed by atoms with Gasteiger partial charge in [0.05, 0.1) is 24.0 Å². The van der Waals surface area contributed by atoms with Crippen LogP contribution in [-0.2, 0) is 9.59 Å². The number of aliphatic hydroxyl groups is 1. The Bertz CT molecular complexity index is 1160. The first kappa shape index (κ1) is 28.0. The molecule has 2 N–H and O–H groups in total. The highest BCUT2D eigenvalue weighted by molar-refractivity contribution is 5.84. The number of likely N-dealkylation sites (tertiary alicyclic amines) is 1. The lowest BCUT2D eigenvalue weighted by Gasteiger charge is -2.27. The van der Waals surface area contributed by atoms with Gasteiger partial charge in [0.15, 0.2) is 0 Å². The van der Waals surface area contributed by atoms with Gasteiger partial charge in [-0.1, -0.05) is 43.3 Å². The number of benzene rings is 1. The van der Waals surface area contributed by atoms with E-state index < -0.39 is 0 Å². The lowest BCUT2D eigenvalue weighted by molar-refractivity contribution is -0.134. The van der Waals surface area contributed by atoms with Gasteiger partial charge < -0.3 is 19.8 Å². The Hall–Kier alpha value is -3.59. The zero-order chi connectivity index (χ0) is 26.9. The van der Waals surface area contributed by atoms with E-state index in [4.69, 9.17) is 4.52 Å². The third-order valence-corrected chi connectivity index (χ3v) is 6.65. The molecule has 0 aliphatic carbocycles. The molecule has 1 aliphatic heterocycles. The maximum Gasteiger partial charge on any atom is 0.233 e. The van der Waals surface area contributed by atoms with Gasteiger partial charge in [-0.25, -0.2) is 9.97 Å². The number of amides is 2. The van der Waals surface area contributed by atoms with Crippen LogP contribution in [-0.4, -0.2) is 56.6 Å². The lowest BCUT2D eigenvalue weighted by atomic mass is 9.91. The molecular weight excluding hydrogens is 470 g/mol. The molecular formula is C28H37N5O4. The van der Waals surface area contributed by atoms with Crippen molar-refractivity contribution in [3.63, 3.8) is 0 Å². The summed E-state index contributed by atoms with van der Waals surface area (Å²) < 4.78 is 5.31. The summed E-state index contributed by atoms with van der Waals surface area (Å²) in [4.78, 5) is 33.3. The first-order chi connectivity index (χ1) is 17.8. The first-order valence-corrected chi connectivity index (χ1v) is 12.7. The van der Waals surface area contributed by atoms with Crippen LogP contribution in [0.5, 0.6) is 0 Å². The molecule has 37 heavy (non-hydrogen) atoms. The minimum atomic E-state index is -0.377. The number of aliphatic hydroxyl groups excluding tert-OH is 1. The molecule has 9 heteroatoms. The number of carbonyl (C=O) groups excluding carboxylic acids is 2. The second-order valence-electron chi connectivity index (χ2n) is 9.81. The van der Waals surface area contributed by atoms with E-state index in [0.717, 1.165) is 47.5 Å². The van der Waals surface area contributed by atoms with E-state index in [0.29, 0.717) is 18.2 Å². The Balaban J connectivity index is 0.000000206. The van der Waals surface area contributed by atoms with Crippen LogP contribution in [0.15, 0.2) is 47.4 Å². The van der Waals surface area contributed by atoms with Crippen molar-refractivity contribution in [2.24, 2.45) is 5.92 Å². The maximum atomic E-state index is 12.6. The third kappa shape index (κ3) is 7.01. The SMILES string of the molecule is Cc1cc(C(C(=O)N2CCCC2C)C(C)C)on1.Cc1cncnc1-c1ccc(C(CO)NC=O)cc1. The Morgan fingerprint density at radius 3 is 2.51 bits per heavy atom. The fourth-order valence-corrected chi connectivity index (χ4v) is 4.62. The van der Waals surface area contributed by atoms with Crippen molar-refractivity contribution >= 4 is 12.3 Å². The molecule has 1 saturated heterocycles. The average molecular weight is 508 g/mol. The van der Waals surface area contributed by atoms with Crippen molar-refractivity contribution in [3.8, 4) is 11.3 Å². The van der Waals surface area contributed by atoms with Crippen molar-refractivity contribution in [1.29, 1.82) is 0 Å². The average Bonchev–Trinajstić information content (AvgIpc) is 3.51. The minimum Gasteiger partial charge on any atom is -0.394 e. The minimum absolute atomic E-state index is 0.134. The molecule has 1 aliphatic rings. The third-order valence-electron chi connectivity index (χ3n) is 6.65. The Labute approximate surface area is 218 Å². The van der Waals surface area contributed by atoms with Crippen LogP contribution in [0.25, 0.3) is 11.3 Å². The number of hydrogen-bond donors (Lipinski definition) is 2. The summed E-state index contributed by atoms with van der Waals surface area (Å²) in [6.07, 6.45) is 6.07. The normalized spacial score (nSPS) is 16.6. The highest BCUT2D eigenvalue weighted by Crippen LogP contribution is 2.30. The highest BCUT2D eigenvalue weighted by atomic mass is 16.5. The molecule has 0 radical (unpaired) electrons. The number of hydrogen-bond acceptors (Lipinski definition) is 7. The van der Waals surface area contributed by atoms with Crippen LogP contribution in [0.3, 0.4) is 0 Å². The zero-order valence-electron chi connectivity index (χ0n) is 22.2. The number of aryl methyl sites for hydroxylation is 2. The number of rotatable bonds is 8. The van der Waals surface area contributed by atoms with Gasteiger partial charge >= 0.3 is 0 Å². The molecule has 3 unspecified atom stereocenters. The van der Waals surface area contributed by atoms with E-state index in [9.17, 15) is 14.7 Å². The summed E-state index contributed by atoms with van der Waals surface area (Å²) in [5.41, 5.74) is 4.54. The summed E-state index contributed by atoms with van der Waals surface area (Å²) in [7, 11) is 0. The van der Waals surface area contributed by atoms with Gasteiger partial charge in [-0.2, -0.15) is 0 Å². The molecule has 2 aromatic heterocycles. The van der Waals surface area contributed by atoms with E-state index in [1.165, 1.54) is 6.33 Å². The van der Waals surface area contributed by atoms with E-state index in [-0.39, 0.29) is 30.4 Å². The summed E-state index contributed by atoms with van der Waals surface area (Å²) in [6.45, 7) is 10.8. The monoisotopic (exact) mass is 507 g/mol. The Kier molecular flexibility index (Phi) is 9.91. The second-order valence-corrected chi connectivity index (χ2v) is 9.81. The van der Waals surface area contributed by atoms with Crippen LogP contribution in [0.2, 0.25) is 0 Å². The Morgan fingerprint density at radius 1 is 1.27 bits per heavy atom. The smallest absolute Gasteiger partial charge is 0.233 e. The fourth-order valence-electron chi connectivity index (χ4n) is 4.62. The number of nitrogens with zero attached hydrogens (tertiary/aromatic N) is 4. The summed E-state index contributed by atoms with van der Waals surface area (Å²) in [5.74, 6) is 0.905. The topological polar surface area (TPSA) is 121 Å². The summed E-state index contributed by atoms with van der Waals surface area (Å²) >= 11 is 0. The van der Waals surface area contributed by atoms with Crippen molar-refractivity contribution in [2.45, 2.75) is 65.5 Å². The Morgan fingerprint density at radius 2 is 2.00 bits per heavy atom. The molecule has 3 atom stereocenters. The highest BCUT2D eigenvalue weighted by Gasteiger charge is 2.35. The van der Waals surface area contributed by atoms with Crippen LogP contribution >= 0.6 is 0 Å². The molecule has 1 fully saturated rings. The van der Waals surface area contributed by atoms with Crippen LogP contribution < -0.4 is 5.32 Å². The standard InChI is InChI=1S/C14H15N3O2.C14H22N2O2/c1-10-6-15-8-16-14(10)12-4-2-11(3-5-12)13(7-18)17-9-19;1-9(2)13(12-8-10(3)15-18-12)14(17)16-7-5-6-11(16)4/h2-6,8-9,13,18H,7H2,1H3,(H,17,19);8-9,11,13H,5-7H2,1-4H3. The van der Waals surface area contributed by atoms with Crippen molar-refractivity contribution in [2.75, 3.05) is 13.2 Å². The summed E-state index contributed by atoms with van der Waals surface area (Å²) in [5, 5.41) is 15.7. The molecule has 0 bridgehead atoms. The van der Waals surface area contributed by atoms with Crippen LogP contribution in [0, 0.1) is 19.8 Å².